The minimum absolute atomic E-state index is 0.411. The zero-order chi connectivity index (χ0) is 18.6. The van der Waals surface area contributed by atoms with Crippen molar-refractivity contribution in [1.82, 2.24) is 25.1 Å². The summed E-state index contributed by atoms with van der Waals surface area (Å²) in [6.07, 6.45) is 3.08. The number of hydrogen-bond donors (Lipinski definition) is 0. The summed E-state index contributed by atoms with van der Waals surface area (Å²) in [4.78, 5) is 14.1. The summed E-state index contributed by atoms with van der Waals surface area (Å²) in [5.41, 5.74) is 1.15. The van der Waals surface area contributed by atoms with Crippen LogP contribution < -0.4 is 4.90 Å². The third-order valence-electron chi connectivity index (χ3n) is 5.27. The maximum absolute atomic E-state index is 5.69. The molecule has 0 bridgehead atoms. The van der Waals surface area contributed by atoms with Crippen molar-refractivity contribution in [2.24, 2.45) is 0 Å². The van der Waals surface area contributed by atoms with Gasteiger partial charge in [0.25, 0.3) is 0 Å². The van der Waals surface area contributed by atoms with Crippen molar-refractivity contribution >= 4 is 5.82 Å². The molecule has 0 saturated carbocycles. The Labute approximate surface area is 159 Å². The zero-order valence-electron chi connectivity index (χ0n) is 16.2. The normalized spacial score (nSPS) is 21.6. The van der Waals surface area contributed by atoms with E-state index >= 15 is 0 Å². The van der Waals surface area contributed by atoms with E-state index in [9.17, 15) is 0 Å². The van der Waals surface area contributed by atoms with Crippen molar-refractivity contribution in [3.8, 4) is 0 Å². The van der Waals surface area contributed by atoms with Crippen LogP contribution in [0.25, 0.3) is 0 Å². The van der Waals surface area contributed by atoms with Crippen LogP contribution in [0.15, 0.2) is 10.5 Å². The second kappa shape index (κ2) is 8.31. The second-order valence-electron chi connectivity index (χ2n) is 7.32. The molecule has 0 N–H and O–H groups in total. The van der Waals surface area contributed by atoms with E-state index in [-0.39, 0.29) is 0 Å². The Kier molecular flexibility index (Phi) is 5.63. The van der Waals surface area contributed by atoms with Crippen LogP contribution in [0.5, 0.6) is 0 Å². The van der Waals surface area contributed by atoms with Gasteiger partial charge in [0.15, 0.2) is 0 Å². The summed E-state index contributed by atoms with van der Waals surface area (Å²) >= 11 is 0. The first kappa shape index (κ1) is 18.3. The molecule has 0 radical (unpaired) electrons. The molecule has 1 unspecified atom stereocenters. The molecule has 146 valence electrons. The highest BCUT2D eigenvalue weighted by atomic mass is 16.5. The first-order valence-electron chi connectivity index (χ1n) is 9.93. The van der Waals surface area contributed by atoms with Gasteiger partial charge in [0.2, 0.25) is 11.8 Å². The molecule has 1 atom stereocenters. The number of morpholine rings is 1. The number of piperidine rings is 1. The zero-order valence-corrected chi connectivity index (χ0v) is 16.2. The van der Waals surface area contributed by atoms with E-state index in [1.807, 2.05) is 13.8 Å². The summed E-state index contributed by atoms with van der Waals surface area (Å²) in [6.45, 7) is 10.1. The average molecular weight is 372 g/mol. The van der Waals surface area contributed by atoms with Crippen molar-refractivity contribution < 1.29 is 9.15 Å². The lowest BCUT2D eigenvalue weighted by atomic mass is 9.94. The number of nitrogens with zero attached hydrogens (tertiary/aromatic N) is 6. The van der Waals surface area contributed by atoms with Crippen LogP contribution in [0.3, 0.4) is 0 Å². The summed E-state index contributed by atoms with van der Waals surface area (Å²) < 4.78 is 11.2. The van der Waals surface area contributed by atoms with E-state index in [1.54, 1.807) is 0 Å². The smallest absolute Gasteiger partial charge is 0.230 e. The molecule has 2 fully saturated rings. The van der Waals surface area contributed by atoms with Gasteiger partial charge in [0, 0.05) is 38.0 Å². The number of ether oxygens (including phenoxy) is 1. The lowest BCUT2D eigenvalue weighted by molar-refractivity contribution is 0.122. The molecule has 0 aliphatic carbocycles. The number of anilines is 1. The molecular formula is C19H28N6O2. The van der Waals surface area contributed by atoms with Crippen LogP contribution in [-0.4, -0.2) is 64.5 Å². The lowest BCUT2D eigenvalue weighted by Crippen LogP contribution is -2.37. The molecule has 0 amide bonds. The summed E-state index contributed by atoms with van der Waals surface area (Å²) in [5, 5.41) is 8.24. The first-order chi connectivity index (χ1) is 13.2. The third-order valence-corrected chi connectivity index (χ3v) is 5.27. The molecule has 0 aromatic carbocycles. The topological polar surface area (TPSA) is 80.4 Å². The Morgan fingerprint density at radius 2 is 1.93 bits per heavy atom. The molecule has 4 rings (SSSR count). The van der Waals surface area contributed by atoms with Gasteiger partial charge in [-0.3, -0.25) is 4.90 Å². The molecule has 0 spiro atoms. The van der Waals surface area contributed by atoms with Crippen molar-refractivity contribution in [3.05, 3.63) is 29.4 Å². The minimum Gasteiger partial charge on any atom is -0.424 e. The summed E-state index contributed by atoms with van der Waals surface area (Å²) in [6, 6.07) is 2.17. The van der Waals surface area contributed by atoms with Crippen LogP contribution >= 0.6 is 0 Å². The molecule has 2 aromatic rings. The van der Waals surface area contributed by atoms with Crippen molar-refractivity contribution in [2.75, 3.05) is 44.3 Å². The molecule has 2 aromatic heterocycles. The van der Waals surface area contributed by atoms with Crippen LogP contribution in [0.1, 0.15) is 49.0 Å². The number of aryl methyl sites for hydroxylation is 2. The second-order valence-corrected chi connectivity index (χ2v) is 7.32. The number of aromatic nitrogens is 4. The number of likely N-dealkylation sites (tertiary alicyclic amines) is 1. The number of rotatable bonds is 5. The van der Waals surface area contributed by atoms with Gasteiger partial charge in [0.05, 0.1) is 25.5 Å². The highest BCUT2D eigenvalue weighted by Crippen LogP contribution is 2.28. The monoisotopic (exact) mass is 372 g/mol. The summed E-state index contributed by atoms with van der Waals surface area (Å²) in [7, 11) is 0. The van der Waals surface area contributed by atoms with Crippen molar-refractivity contribution in [3.63, 3.8) is 0 Å². The molecule has 8 heteroatoms. The van der Waals surface area contributed by atoms with E-state index in [4.69, 9.17) is 14.1 Å². The molecule has 2 saturated heterocycles. The molecule has 27 heavy (non-hydrogen) atoms. The first-order valence-corrected chi connectivity index (χ1v) is 9.93. The van der Waals surface area contributed by atoms with E-state index in [1.165, 1.54) is 0 Å². The Bertz CT molecular complexity index is 758. The quantitative estimate of drug-likeness (QED) is 0.788. The predicted molar refractivity (Wildman–Crippen MR) is 101 cm³/mol. The van der Waals surface area contributed by atoms with Gasteiger partial charge < -0.3 is 14.1 Å². The van der Waals surface area contributed by atoms with Gasteiger partial charge in [-0.1, -0.05) is 6.92 Å². The van der Waals surface area contributed by atoms with E-state index < -0.39 is 0 Å². The fraction of sp³-hybridized carbons (Fsp3) is 0.684. The minimum atomic E-state index is 0.411. The van der Waals surface area contributed by atoms with Crippen LogP contribution in [-0.2, 0) is 17.7 Å². The fourth-order valence-electron chi connectivity index (χ4n) is 3.86. The summed E-state index contributed by atoms with van der Waals surface area (Å²) in [5.74, 6) is 3.70. The Hall–Kier alpha value is -2.06. The maximum atomic E-state index is 5.69. The molecule has 8 nitrogen and oxygen atoms in total. The van der Waals surface area contributed by atoms with Gasteiger partial charge >= 0.3 is 0 Å². The van der Waals surface area contributed by atoms with Crippen LogP contribution in [0.2, 0.25) is 0 Å². The SMILES string of the molecule is CCc1nnc(CN2CCCC(c3cc(N4CCOCC4)nc(C)n3)C2)o1. The van der Waals surface area contributed by atoms with E-state index in [0.717, 1.165) is 76.0 Å². The fourth-order valence-corrected chi connectivity index (χ4v) is 3.86. The van der Waals surface area contributed by atoms with E-state index in [2.05, 4.69) is 31.0 Å². The highest BCUT2D eigenvalue weighted by Gasteiger charge is 2.25. The lowest BCUT2D eigenvalue weighted by Gasteiger charge is -2.32. The van der Waals surface area contributed by atoms with Gasteiger partial charge in [0.1, 0.15) is 11.6 Å². The van der Waals surface area contributed by atoms with Crippen LogP contribution in [0.4, 0.5) is 5.82 Å². The molecule has 2 aliphatic heterocycles. The van der Waals surface area contributed by atoms with E-state index in [0.29, 0.717) is 24.2 Å². The molecule has 4 heterocycles. The molecular weight excluding hydrogens is 344 g/mol. The van der Waals surface area contributed by atoms with Crippen molar-refractivity contribution in [2.45, 2.75) is 45.6 Å². The Morgan fingerprint density at radius 1 is 1.11 bits per heavy atom. The van der Waals surface area contributed by atoms with Gasteiger partial charge in [-0.25, -0.2) is 9.97 Å². The van der Waals surface area contributed by atoms with Gasteiger partial charge in [-0.2, -0.15) is 0 Å². The Morgan fingerprint density at radius 3 is 2.70 bits per heavy atom. The average Bonchev–Trinajstić information content (AvgIpc) is 3.16. The van der Waals surface area contributed by atoms with Crippen molar-refractivity contribution in [1.29, 1.82) is 0 Å². The Balaban J connectivity index is 1.46. The van der Waals surface area contributed by atoms with Gasteiger partial charge in [-0.15, -0.1) is 10.2 Å². The third kappa shape index (κ3) is 4.44. The maximum Gasteiger partial charge on any atom is 0.230 e. The standard InChI is InChI=1S/C19H28N6O2/c1-3-18-22-23-19(27-18)13-24-6-4-5-15(12-24)16-11-17(21-14(2)20-16)25-7-9-26-10-8-25/h11,15H,3-10,12-13H2,1-2H3. The van der Waals surface area contributed by atoms with Crippen LogP contribution in [0, 0.1) is 6.92 Å². The largest absolute Gasteiger partial charge is 0.424 e. The molecule has 2 aliphatic rings. The highest BCUT2D eigenvalue weighted by molar-refractivity contribution is 5.41. The predicted octanol–water partition coefficient (Wildman–Crippen LogP) is 1.95. The van der Waals surface area contributed by atoms with Gasteiger partial charge in [-0.05, 0) is 26.3 Å². The number of hydrogen-bond acceptors (Lipinski definition) is 8.